The molecule has 35 heavy (non-hydrogen) atoms. The lowest BCUT2D eigenvalue weighted by atomic mass is 9.64. The van der Waals surface area contributed by atoms with Crippen molar-refractivity contribution in [3.05, 3.63) is 58.8 Å². The molecule has 3 N–H and O–H groups in total. The van der Waals surface area contributed by atoms with E-state index in [0.29, 0.717) is 23.0 Å². The number of aryl methyl sites for hydroxylation is 1. The fourth-order valence-electron chi connectivity index (χ4n) is 5.88. The van der Waals surface area contributed by atoms with Crippen molar-refractivity contribution in [2.24, 2.45) is 13.0 Å². The Kier molecular flexibility index (Phi) is 5.67. The Morgan fingerprint density at radius 2 is 1.94 bits per heavy atom. The molecule has 2 aliphatic heterocycles. The highest BCUT2D eigenvalue weighted by Gasteiger charge is 2.50. The molecular formula is C27H32FN5O2. The lowest BCUT2D eigenvalue weighted by molar-refractivity contribution is 0.0379. The Balaban J connectivity index is 1.37. The van der Waals surface area contributed by atoms with Gasteiger partial charge in [-0.3, -0.25) is 4.79 Å². The molecule has 5 rings (SSSR count). The predicted octanol–water partition coefficient (Wildman–Crippen LogP) is 4.47. The number of phenols is 1. The van der Waals surface area contributed by atoms with Crippen LogP contribution >= 0.6 is 0 Å². The SMILES string of the molecule is CC1C(Nc2ccc(-c3cc(F)c(-c4ccn(C)c(=O)c4)cc3O)nn2)CC2(C)CCCC1(C)N2. The van der Waals surface area contributed by atoms with E-state index in [-0.39, 0.29) is 39.6 Å². The third-order valence-electron chi connectivity index (χ3n) is 8.07. The second-order valence-electron chi connectivity index (χ2n) is 10.7. The summed E-state index contributed by atoms with van der Waals surface area (Å²) in [5.74, 6) is 0.400. The number of anilines is 1. The van der Waals surface area contributed by atoms with E-state index in [4.69, 9.17) is 0 Å². The predicted molar refractivity (Wildman–Crippen MR) is 135 cm³/mol. The summed E-state index contributed by atoms with van der Waals surface area (Å²) in [4.78, 5) is 11.9. The highest BCUT2D eigenvalue weighted by atomic mass is 19.1. The summed E-state index contributed by atoms with van der Waals surface area (Å²) >= 11 is 0. The van der Waals surface area contributed by atoms with Gasteiger partial charge in [-0.25, -0.2) is 4.39 Å². The summed E-state index contributed by atoms with van der Waals surface area (Å²) in [5, 5.41) is 26.7. The van der Waals surface area contributed by atoms with Crippen LogP contribution in [0.3, 0.4) is 0 Å². The van der Waals surface area contributed by atoms with Crippen molar-refractivity contribution >= 4 is 5.82 Å². The monoisotopic (exact) mass is 477 g/mol. The number of fused-ring (bicyclic) bond motifs is 2. The minimum atomic E-state index is -0.549. The van der Waals surface area contributed by atoms with Gasteiger partial charge in [0.1, 0.15) is 17.4 Å². The number of hydrogen-bond acceptors (Lipinski definition) is 6. The summed E-state index contributed by atoms with van der Waals surface area (Å²) in [6.45, 7) is 6.89. The number of nitrogens with zero attached hydrogens (tertiary/aromatic N) is 3. The third kappa shape index (κ3) is 4.31. The van der Waals surface area contributed by atoms with Crippen LogP contribution in [0.25, 0.3) is 22.4 Å². The van der Waals surface area contributed by atoms with Gasteiger partial charge in [0.2, 0.25) is 0 Å². The lowest BCUT2D eigenvalue weighted by Crippen LogP contribution is -2.69. The van der Waals surface area contributed by atoms with Crippen LogP contribution in [-0.2, 0) is 7.05 Å². The zero-order valence-electron chi connectivity index (χ0n) is 20.6. The van der Waals surface area contributed by atoms with Gasteiger partial charge in [0, 0.05) is 47.6 Å². The molecule has 2 bridgehead atoms. The number of piperidine rings is 2. The van der Waals surface area contributed by atoms with Gasteiger partial charge in [-0.05, 0) is 81.3 Å². The van der Waals surface area contributed by atoms with Crippen molar-refractivity contribution in [3.63, 3.8) is 0 Å². The van der Waals surface area contributed by atoms with E-state index in [9.17, 15) is 14.3 Å². The molecule has 4 heterocycles. The van der Waals surface area contributed by atoms with Gasteiger partial charge in [0.25, 0.3) is 5.56 Å². The van der Waals surface area contributed by atoms with Gasteiger partial charge in [-0.15, -0.1) is 10.2 Å². The number of nitrogens with one attached hydrogen (secondary N) is 2. The maximum absolute atomic E-state index is 15.0. The average molecular weight is 478 g/mol. The molecule has 0 saturated carbocycles. The maximum Gasteiger partial charge on any atom is 0.250 e. The second-order valence-corrected chi connectivity index (χ2v) is 10.7. The average Bonchev–Trinajstić information content (AvgIpc) is 2.81. The molecule has 1 aromatic carbocycles. The number of hydrogen-bond donors (Lipinski definition) is 3. The van der Waals surface area contributed by atoms with Crippen LogP contribution in [0, 0.1) is 11.7 Å². The standard InChI is InChI=1S/C27H32FN5O2/c1-16-22(15-26(2)9-5-10-27(16,3)32-26)29-24-7-6-21(30-31-24)19-13-20(28)18(14-23(19)34)17-8-11-33(4)25(35)12-17/h6-8,11-14,16,22,32,34H,5,9-10,15H2,1-4H3,(H,29,31). The molecule has 0 spiro atoms. The van der Waals surface area contributed by atoms with Crippen LogP contribution in [0.5, 0.6) is 5.75 Å². The first-order valence-corrected chi connectivity index (χ1v) is 12.2. The van der Waals surface area contributed by atoms with Gasteiger partial charge in [0.15, 0.2) is 0 Å². The van der Waals surface area contributed by atoms with Gasteiger partial charge in [-0.1, -0.05) is 6.92 Å². The zero-order chi connectivity index (χ0) is 25.0. The van der Waals surface area contributed by atoms with Crippen LogP contribution in [0.2, 0.25) is 0 Å². The van der Waals surface area contributed by atoms with Crippen LogP contribution in [0.1, 0.15) is 46.5 Å². The van der Waals surface area contributed by atoms with E-state index >= 15 is 0 Å². The van der Waals surface area contributed by atoms with E-state index in [0.717, 1.165) is 19.3 Å². The molecule has 0 aliphatic carbocycles. The Morgan fingerprint density at radius 3 is 2.66 bits per heavy atom. The smallest absolute Gasteiger partial charge is 0.250 e. The summed E-state index contributed by atoms with van der Waals surface area (Å²) in [6.07, 6.45) is 6.13. The third-order valence-corrected chi connectivity index (χ3v) is 8.07. The van der Waals surface area contributed by atoms with Gasteiger partial charge in [-0.2, -0.15) is 0 Å². The molecule has 2 aromatic heterocycles. The molecule has 7 nitrogen and oxygen atoms in total. The van der Waals surface area contributed by atoms with E-state index in [2.05, 4.69) is 41.6 Å². The topological polar surface area (TPSA) is 92.1 Å². The first-order chi connectivity index (χ1) is 16.6. The molecule has 2 fully saturated rings. The molecule has 2 aliphatic rings. The molecule has 8 heteroatoms. The highest BCUT2D eigenvalue weighted by molar-refractivity contribution is 5.74. The summed E-state index contributed by atoms with van der Waals surface area (Å²) in [6, 6.07) is 9.35. The van der Waals surface area contributed by atoms with Crippen molar-refractivity contribution < 1.29 is 9.50 Å². The summed E-state index contributed by atoms with van der Waals surface area (Å²) in [7, 11) is 1.62. The van der Waals surface area contributed by atoms with Crippen molar-refractivity contribution in [3.8, 4) is 28.1 Å². The van der Waals surface area contributed by atoms with Crippen LogP contribution in [-0.4, -0.2) is 37.0 Å². The number of phenolic OH excluding ortho intramolecular Hbond substituents is 1. The van der Waals surface area contributed by atoms with Crippen molar-refractivity contribution in [1.82, 2.24) is 20.1 Å². The molecule has 2 saturated heterocycles. The zero-order valence-corrected chi connectivity index (χ0v) is 20.6. The van der Waals surface area contributed by atoms with Crippen LogP contribution in [0.15, 0.2) is 47.4 Å². The molecular weight excluding hydrogens is 445 g/mol. The Hall–Kier alpha value is -3.26. The Bertz CT molecular complexity index is 1320. The summed E-state index contributed by atoms with van der Waals surface area (Å²) in [5.41, 5.74) is 1.12. The number of halogens is 1. The van der Waals surface area contributed by atoms with E-state index in [1.165, 1.54) is 29.2 Å². The summed E-state index contributed by atoms with van der Waals surface area (Å²) < 4.78 is 16.4. The van der Waals surface area contributed by atoms with E-state index < -0.39 is 5.82 Å². The first-order valence-electron chi connectivity index (χ1n) is 12.2. The van der Waals surface area contributed by atoms with E-state index in [1.54, 1.807) is 25.4 Å². The molecule has 0 radical (unpaired) electrons. The maximum atomic E-state index is 15.0. The molecule has 4 atom stereocenters. The Morgan fingerprint density at radius 1 is 1.14 bits per heavy atom. The fourth-order valence-corrected chi connectivity index (χ4v) is 5.88. The first kappa shape index (κ1) is 23.5. The van der Waals surface area contributed by atoms with Crippen molar-refractivity contribution in [2.75, 3.05) is 5.32 Å². The lowest BCUT2D eigenvalue weighted by Gasteiger charge is -2.57. The number of pyridine rings is 1. The largest absolute Gasteiger partial charge is 0.507 e. The number of benzene rings is 1. The minimum Gasteiger partial charge on any atom is -0.507 e. The normalized spacial score (nSPS) is 28.0. The molecule has 3 aromatic rings. The van der Waals surface area contributed by atoms with Crippen molar-refractivity contribution in [1.29, 1.82) is 0 Å². The minimum absolute atomic E-state index is 0.0876. The van der Waals surface area contributed by atoms with Crippen molar-refractivity contribution in [2.45, 2.75) is 63.6 Å². The van der Waals surface area contributed by atoms with Gasteiger partial charge < -0.3 is 20.3 Å². The second kappa shape index (κ2) is 8.45. The van der Waals surface area contributed by atoms with Crippen LogP contribution < -0.4 is 16.2 Å². The Labute approximate surface area is 204 Å². The quantitative estimate of drug-likeness (QED) is 0.514. The molecule has 184 valence electrons. The molecule has 4 unspecified atom stereocenters. The van der Waals surface area contributed by atoms with Gasteiger partial charge >= 0.3 is 0 Å². The molecule has 0 amide bonds. The van der Waals surface area contributed by atoms with Gasteiger partial charge in [0.05, 0.1) is 5.69 Å². The number of aromatic nitrogens is 3. The van der Waals surface area contributed by atoms with E-state index in [1.807, 2.05) is 6.07 Å². The number of rotatable bonds is 4. The number of aromatic hydroxyl groups is 1. The highest BCUT2D eigenvalue weighted by Crippen LogP contribution is 2.44. The fraction of sp³-hybridized carbons (Fsp3) is 0.444. The van der Waals surface area contributed by atoms with Crippen LogP contribution in [0.4, 0.5) is 10.2 Å².